The van der Waals surface area contributed by atoms with Crippen molar-refractivity contribution in [2.24, 2.45) is 0 Å². The quantitative estimate of drug-likeness (QED) is 0.429. The number of aromatic amines is 2. The van der Waals surface area contributed by atoms with E-state index in [1.165, 1.54) is 0 Å². The minimum Gasteiger partial charge on any atom is -0.481 e. The van der Waals surface area contributed by atoms with Crippen LogP contribution < -0.4 is 5.56 Å². The van der Waals surface area contributed by atoms with Gasteiger partial charge in [0.05, 0.1) is 6.04 Å². The zero-order valence-electron chi connectivity index (χ0n) is 22.0. The predicted molar refractivity (Wildman–Crippen MR) is 142 cm³/mol. The lowest BCUT2D eigenvalue weighted by molar-refractivity contribution is -0.136. The Morgan fingerprint density at radius 2 is 1.95 bits per heavy atom. The molecule has 0 radical (unpaired) electrons. The first-order valence-corrected chi connectivity index (χ1v) is 13.2. The molecule has 202 valence electrons. The number of nitrogens with zero attached hydrogens (tertiary/aromatic N) is 2. The van der Waals surface area contributed by atoms with Crippen LogP contribution in [0.4, 0.5) is 4.79 Å². The zero-order chi connectivity index (χ0) is 27.2. The molecule has 1 saturated heterocycles. The van der Waals surface area contributed by atoms with Crippen LogP contribution in [0.5, 0.6) is 0 Å². The number of benzene rings is 1. The van der Waals surface area contributed by atoms with E-state index in [2.05, 4.69) is 9.97 Å². The van der Waals surface area contributed by atoms with Crippen molar-refractivity contribution in [2.45, 2.75) is 77.0 Å². The van der Waals surface area contributed by atoms with Gasteiger partial charge in [0.1, 0.15) is 11.1 Å². The van der Waals surface area contributed by atoms with Gasteiger partial charge in [0.25, 0.3) is 11.5 Å². The Morgan fingerprint density at radius 3 is 2.63 bits per heavy atom. The molecule has 0 spiro atoms. The van der Waals surface area contributed by atoms with Crippen LogP contribution in [0.25, 0.3) is 21.8 Å². The maximum Gasteiger partial charge on any atom is 0.410 e. The predicted octanol–water partition coefficient (Wildman–Crippen LogP) is 4.03. The molecular formula is C28H34N4O6. The zero-order valence-corrected chi connectivity index (χ0v) is 22.0. The topological polar surface area (TPSA) is 136 Å². The van der Waals surface area contributed by atoms with E-state index in [0.29, 0.717) is 40.5 Å². The summed E-state index contributed by atoms with van der Waals surface area (Å²) in [6.07, 6.45) is 5.05. The molecule has 3 heterocycles. The molecule has 3 aromatic rings. The number of ether oxygens (including phenoxy) is 1. The highest BCUT2D eigenvalue weighted by atomic mass is 16.6. The fourth-order valence-corrected chi connectivity index (χ4v) is 5.33. The van der Waals surface area contributed by atoms with E-state index in [-0.39, 0.29) is 42.5 Å². The van der Waals surface area contributed by atoms with Gasteiger partial charge in [-0.25, -0.2) is 4.79 Å². The minimum absolute atomic E-state index is 0.0646. The van der Waals surface area contributed by atoms with Crippen LogP contribution >= 0.6 is 0 Å². The van der Waals surface area contributed by atoms with E-state index in [1.807, 2.05) is 25.7 Å². The number of hydrogen-bond acceptors (Lipinski definition) is 5. The molecule has 1 aromatic carbocycles. The second-order valence-corrected chi connectivity index (χ2v) is 11.3. The van der Waals surface area contributed by atoms with E-state index in [0.717, 1.165) is 31.2 Å². The second-order valence-electron chi connectivity index (χ2n) is 11.3. The molecule has 1 atom stereocenters. The Labute approximate surface area is 219 Å². The van der Waals surface area contributed by atoms with Crippen LogP contribution in [0.15, 0.2) is 29.2 Å². The average Bonchev–Trinajstić information content (AvgIpc) is 3.41. The Hall–Kier alpha value is -3.82. The van der Waals surface area contributed by atoms with Crippen LogP contribution in [0.2, 0.25) is 0 Å². The summed E-state index contributed by atoms with van der Waals surface area (Å²) in [5, 5.41) is 10.5. The number of carboxylic acids is 1. The summed E-state index contributed by atoms with van der Waals surface area (Å²) in [5.41, 5.74) is 1.28. The number of hydrogen-bond donors (Lipinski definition) is 3. The number of rotatable bonds is 7. The smallest absolute Gasteiger partial charge is 0.410 e. The maximum absolute atomic E-state index is 13.8. The molecule has 2 aliphatic rings. The summed E-state index contributed by atoms with van der Waals surface area (Å²) in [4.78, 5) is 59.9. The Bertz CT molecular complexity index is 1460. The summed E-state index contributed by atoms with van der Waals surface area (Å²) in [6, 6.07) is 5.25. The molecule has 1 saturated carbocycles. The number of pyridine rings is 1. The number of carboxylic acid groups (broad SMARTS) is 1. The van der Waals surface area contributed by atoms with Crippen molar-refractivity contribution >= 4 is 39.8 Å². The van der Waals surface area contributed by atoms with Crippen molar-refractivity contribution < 1.29 is 24.2 Å². The van der Waals surface area contributed by atoms with E-state index in [1.54, 1.807) is 29.3 Å². The Balaban J connectivity index is 1.45. The van der Waals surface area contributed by atoms with Crippen LogP contribution in [0.3, 0.4) is 0 Å². The van der Waals surface area contributed by atoms with Crippen molar-refractivity contribution in [1.82, 2.24) is 19.8 Å². The monoisotopic (exact) mass is 522 g/mol. The standard InChI is InChI=1S/C28H34N4O6/c1-28(2,3)38-27(37)31-12-4-5-19(31)15-32(18-8-9-18)26(36)16-6-10-21-20(13-16)23-17(7-11-22(33)34)14-29-24(23)25(35)30-21/h6,10,13-14,18-19,29H,4-5,7-9,11-12,15H2,1-3H3,(H,30,35)(H,33,34)/t19-/m0/s1. The van der Waals surface area contributed by atoms with Crippen LogP contribution in [-0.2, 0) is 16.0 Å². The lowest BCUT2D eigenvalue weighted by Gasteiger charge is -2.32. The van der Waals surface area contributed by atoms with Crippen LogP contribution in [-0.4, -0.2) is 73.6 Å². The molecule has 2 amide bonds. The first kappa shape index (κ1) is 25.8. The SMILES string of the molecule is CC(C)(C)OC(=O)N1CCC[C@H]1CN(C(=O)c1ccc2[nH]c(=O)c3[nH]cc(CCC(=O)O)c3c2c1)C1CC1. The van der Waals surface area contributed by atoms with Gasteiger partial charge in [-0.15, -0.1) is 0 Å². The number of fused-ring (bicyclic) bond motifs is 3. The first-order valence-electron chi connectivity index (χ1n) is 13.2. The fourth-order valence-electron chi connectivity index (χ4n) is 5.33. The maximum atomic E-state index is 13.8. The molecule has 1 aliphatic carbocycles. The lowest BCUT2D eigenvalue weighted by Crippen LogP contribution is -2.47. The Kier molecular flexibility index (Phi) is 6.66. The highest BCUT2D eigenvalue weighted by molar-refractivity contribution is 6.09. The van der Waals surface area contributed by atoms with Crippen molar-refractivity contribution in [2.75, 3.05) is 13.1 Å². The number of H-pyrrole nitrogens is 2. The number of aromatic nitrogens is 2. The van der Waals surface area contributed by atoms with Gasteiger partial charge < -0.3 is 29.6 Å². The molecule has 1 aliphatic heterocycles. The molecule has 3 N–H and O–H groups in total. The second kappa shape index (κ2) is 9.81. The number of carbonyl (C=O) groups excluding carboxylic acids is 2. The van der Waals surface area contributed by atoms with E-state index < -0.39 is 11.6 Å². The van der Waals surface area contributed by atoms with Gasteiger partial charge in [0, 0.05) is 53.6 Å². The minimum atomic E-state index is -0.920. The van der Waals surface area contributed by atoms with Crippen molar-refractivity contribution in [3.8, 4) is 0 Å². The van der Waals surface area contributed by atoms with E-state index >= 15 is 0 Å². The van der Waals surface area contributed by atoms with Crippen LogP contribution in [0, 0.1) is 0 Å². The average molecular weight is 523 g/mol. The number of aryl methyl sites for hydroxylation is 1. The third kappa shape index (κ3) is 5.25. The number of aliphatic carboxylic acids is 1. The Morgan fingerprint density at radius 1 is 1.18 bits per heavy atom. The summed E-state index contributed by atoms with van der Waals surface area (Å²) in [5.74, 6) is -1.04. The molecule has 38 heavy (non-hydrogen) atoms. The normalized spacial score (nSPS) is 17.8. The van der Waals surface area contributed by atoms with Gasteiger partial charge in [0.2, 0.25) is 0 Å². The summed E-state index contributed by atoms with van der Waals surface area (Å²) < 4.78 is 5.61. The lowest BCUT2D eigenvalue weighted by atomic mass is 10.0. The third-order valence-electron chi connectivity index (χ3n) is 7.24. The molecule has 2 fully saturated rings. The summed E-state index contributed by atoms with van der Waals surface area (Å²) in [7, 11) is 0. The number of nitrogens with one attached hydrogen (secondary N) is 2. The highest BCUT2D eigenvalue weighted by Crippen LogP contribution is 2.32. The van der Waals surface area contributed by atoms with Crippen molar-refractivity contribution in [3.63, 3.8) is 0 Å². The highest BCUT2D eigenvalue weighted by Gasteiger charge is 2.39. The van der Waals surface area contributed by atoms with E-state index in [9.17, 15) is 19.2 Å². The largest absolute Gasteiger partial charge is 0.481 e. The van der Waals surface area contributed by atoms with Gasteiger partial charge in [-0.3, -0.25) is 14.4 Å². The van der Waals surface area contributed by atoms with Gasteiger partial charge in [-0.2, -0.15) is 0 Å². The number of amides is 2. The third-order valence-corrected chi connectivity index (χ3v) is 7.24. The molecule has 0 unspecified atom stereocenters. The summed E-state index contributed by atoms with van der Waals surface area (Å²) >= 11 is 0. The van der Waals surface area contributed by atoms with Gasteiger partial charge in [-0.05, 0) is 76.6 Å². The molecule has 10 nitrogen and oxygen atoms in total. The molecule has 5 rings (SSSR count). The van der Waals surface area contributed by atoms with Gasteiger partial charge in [-0.1, -0.05) is 0 Å². The molecule has 10 heteroatoms. The molecule has 0 bridgehead atoms. The van der Waals surface area contributed by atoms with Crippen molar-refractivity contribution in [1.29, 1.82) is 0 Å². The molecular weight excluding hydrogens is 488 g/mol. The number of likely N-dealkylation sites (tertiary alicyclic amines) is 1. The van der Waals surface area contributed by atoms with Crippen LogP contribution in [0.1, 0.15) is 68.8 Å². The molecule has 2 aromatic heterocycles. The van der Waals surface area contributed by atoms with Crippen molar-refractivity contribution in [3.05, 3.63) is 45.9 Å². The fraction of sp³-hybridized carbons (Fsp3) is 0.500. The first-order chi connectivity index (χ1) is 18.0. The van der Waals surface area contributed by atoms with E-state index in [4.69, 9.17) is 9.84 Å². The van der Waals surface area contributed by atoms with Gasteiger partial charge in [0.15, 0.2) is 0 Å². The summed E-state index contributed by atoms with van der Waals surface area (Å²) in [6.45, 7) is 6.59. The number of carbonyl (C=O) groups is 3. The van der Waals surface area contributed by atoms with Gasteiger partial charge >= 0.3 is 12.1 Å².